The second-order valence-electron chi connectivity index (χ2n) is 8.72. The van der Waals surface area contributed by atoms with Gasteiger partial charge in [0, 0.05) is 37.5 Å². The summed E-state index contributed by atoms with van der Waals surface area (Å²) in [6.45, 7) is 7.44. The van der Waals surface area contributed by atoms with E-state index < -0.39 is 0 Å². The summed E-state index contributed by atoms with van der Waals surface area (Å²) < 4.78 is 7.76. The summed E-state index contributed by atoms with van der Waals surface area (Å²) in [4.78, 5) is 21.3. The first-order valence-corrected chi connectivity index (χ1v) is 11.3. The zero-order valence-corrected chi connectivity index (χ0v) is 18.5. The molecule has 0 saturated carbocycles. The molecule has 32 heavy (non-hydrogen) atoms. The van der Waals surface area contributed by atoms with Crippen molar-refractivity contribution in [2.75, 3.05) is 31.2 Å². The quantitative estimate of drug-likeness (QED) is 0.495. The number of nitrogens with zero attached hydrogens (tertiary/aromatic N) is 6. The van der Waals surface area contributed by atoms with Crippen molar-refractivity contribution in [2.24, 2.45) is 0 Å². The summed E-state index contributed by atoms with van der Waals surface area (Å²) in [5, 5.41) is 0. The highest BCUT2D eigenvalue weighted by Gasteiger charge is 2.29. The van der Waals surface area contributed by atoms with E-state index in [4.69, 9.17) is 14.7 Å². The molecule has 2 aliphatic heterocycles. The maximum Gasteiger partial charge on any atom is 0.225 e. The molecule has 0 radical (unpaired) electrons. The van der Waals surface area contributed by atoms with Crippen molar-refractivity contribution in [3.05, 3.63) is 65.2 Å². The van der Waals surface area contributed by atoms with E-state index in [2.05, 4.69) is 57.5 Å². The third kappa shape index (κ3) is 3.24. The molecule has 2 aliphatic rings. The van der Waals surface area contributed by atoms with Crippen molar-refractivity contribution in [3.63, 3.8) is 0 Å². The van der Waals surface area contributed by atoms with Gasteiger partial charge in [0.25, 0.3) is 0 Å². The lowest BCUT2D eigenvalue weighted by atomic mass is 9.97. The normalized spacial score (nSPS) is 18.3. The van der Waals surface area contributed by atoms with Crippen LogP contribution in [-0.4, -0.2) is 50.8 Å². The molecule has 4 aromatic rings. The fourth-order valence-corrected chi connectivity index (χ4v) is 4.87. The highest BCUT2D eigenvalue weighted by atomic mass is 16.5. The number of ether oxygens (including phenoxy) is 1. The van der Waals surface area contributed by atoms with Crippen LogP contribution in [-0.2, 0) is 11.2 Å². The van der Waals surface area contributed by atoms with Crippen LogP contribution in [0.4, 0.5) is 5.95 Å². The van der Waals surface area contributed by atoms with Crippen LogP contribution in [0, 0.1) is 13.8 Å². The molecule has 1 atom stereocenters. The van der Waals surface area contributed by atoms with Gasteiger partial charge in [-0.2, -0.15) is 0 Å². The van der Waals surface area contributed by atoms with Crippen molar-refractivity contribution < 1.29 is 4.74 Å². The van der Waals surface area contributed by atoms with Crippen molar-refractivity contribution >= 4 is 17.1 Å². The second kappa shape index (κ2) is 7.67. The molecule has 0 bridgehead atoms. The van der Waals surface area contributed by atoms with Gasteiger partial charge in [0.05, 0.1) is 24.9 Å². The van der Waals surface area contributed by atoms with Crippen molar-refractivity contribution in [1.82, 2.24) is 24.5 Å². The molecule has 3 aromatic heterocycles. The Hall–Kier alpha value is -3.32. The van der Waals surface area contributed by atoms with Gasteiger partial charge in [0.1, 0.15) is 11.3 Å². The predicted octanol–water partition coefficient (Wildman–Crippen LogP) is 3.88. The number of aryl methyl sites for hydroxylation is 3. The Balaban J connectivity index is 1.38. The Kier molecular flexibility index (Phi) is 4.64. The number of aromatic nitrogens is 5. The standard InChI is InChI=1S/C25H26N6O/c1-16-3-4-17(2)19(13-16)22-7-8-23-28-21-6-5-20(29-24(21)31(22)23)18-14-26-25(27-15-18)30-9-11-32-12-10-30/h3-6,13-15,22H,7-12H2,1-2H3. The number of anilines is 1. The van der Waals surface area contributed by atoms with E-state index in [1.807, 2.05) is 18.5 Å². The molecule has 5 heterocycles. The van der Waals surface area contributed by atoms with Crippen molar-refractivity contribution in [2.45, 2.75) is 32.7 Å². The molecule has 1 aromatic carbocycles. The average molecular weight is 427 g/mol. The predicted molar refractivity (Wildman–Crippen MR) is 124 cm³/mol. The summed E-state index contributed by atoms with van der Waals surface area (Å²) in [7, 11) is 0. The zero-order valence-electron chi connectivity index (χ0n) is 18.5. The Morgan fingerprint density at radius 1 is 0.969 bits per heavy atom. The molecule has 0 N–H and O–H groups in total. The summed E-state index contributed by atoms with van der Waals surface area (Å²) in [5.74, 6) is 1.87. The van der Waals surface area contributed by atoms with Gasteiger partial charge < -0.3 is 14.2 Å². The topological polar surface area (TPSA) is 69.0 Å². The molecule has 7 heteroatoms. The smallest absolute Gasteiger partial charge is 0.225 e. The summed E-state index contributed by atoms with van der Waals surface area (Å²) in [5.41, 5.74) is 7.66. The maximum absolute atomic E-state index is 5.42. The van der Waals surface area contributed by atoms with Gasteiger partial charge in [-0.3, -0.25) is 0 Å². The minimum Gasteiger partial charge on any atom is -0.378 e. The van der Waals surface area contributed by atoms with Crippen LogP contribution in [0.1, 0.15) is 35.0 Å². The third-order valence-electron chi connectivity index (χ3n) is 6.58. The summed E-state index contributed by atoms with van der Waals surface area (Å²) >= 11 is 0. The van der Waals surface area contributed by atoms with Gasteiger partial charge >= 0.3 is 0 Å². The number of morpholine rings is 1. The van der Waals surface area contributed by atoms with E-state index in [0.29, 0.717) is 0 Å². The lowest BCUT2D eigenvalue weighted by Gasteiger charge is -2.26. The van der Waals surface area contributed by atoms with E-state index in [-0.39, 0.29) is 6.04 Å². The maximum atomic E-state index is 5.42. The molecule has 1 unspecified atom stereocenters. The molecule has 0 amide bonds. The van der Waals surface area contributed by atoms with Crippen LogP contribution in [0.5, 0.6) is 0 Å². The van der Waals surface area contributed by atoms with E-state index in [1.165, 1.54) is 16.7 Å². The lowest BCUT2D eigenvalue weighted by Crippen LogP contribution is -2.37. The minimum atomic E-state index is 0.276. The minimum absolute atomic E-state index is 0.276. The van der Waals surface area contributed by atoms with Gasteiger partial charge in [0.15, 0.2) is 5.65 Å². The Morgan fingerprint density at radius 2 is 1.78 bits per heavy atom. The van der Waals surface area contributed by atoms with E-state index in [1.54, 1.807) is 0 Å². The van der Waals surface area contributed by atoms with Gasteiger partial charge in [-0.05, 0) is 43.5 Å². The lowest BCUT2D eigenvalue weighted by molar-refractivity contribution is 0.122. The van der Waals surface area contributed by atoms with Crippen LogP contribution in [0.2, 0.25) is 0 Å². The average Bonchev–Trinajstić information content (AvgIpc) is 3.40. The first kappa shape index (κ1) is 19.4. The fraction of sp³-hybridized carbons (Fsp3) is 0.360. The summed E-state index contributed by atoms with van der Waals surface area (Å²) in [6, 6.07) is 11.1. The van der Waals surface area contributed by atoms with Crippen LogP contribution >= 0.6 is 0 Å². The van der Waals surface area contributed by atoms with Gasteiger partial charge in [-0.15, -0.1) is 0 Å². The van der Waals surface area contributed by atoms with Gasteiger partial charge in [0.2, 0.25) is 5.95 Å². The fourth-order valence-electron chi connectivity index (χ4n) is 4.87. The molecule has 6 rings (SSSR count). The number of hydrogen-bond acceptors (Lipinski definition) is 6. The van der Waals surface area contributed by atoms with Gasteiger partial charge in [-0.25, -0.2) is 19.9 Å². The molecule has 162 valence electrons. The molecule has 1 fully saturated rings. The molecule has 0 spiro atoms. The first-order valence-electron chi connectivity index (χ1n) is 11.3. The second-order valence-corrected chi connectivity index (χ2v) is 8.72. The Bertz CT molecular complexity index is 1290. The molecule has 0 aliphatic carbocycles. The highest BCUT2D eigenvalue weighted by molar-refractivity contribution is 5.76. The molecule has 7 nitrogen and oxygen atoms in total. The SMILES string of the molecule is Cc1ccc(C)c(C2CCc3nc4ccc(-c5cnc(N6CCOCC6)nc5)nc4n32)c1. The molecule has 1 saturated heterocycles. The van der Waals surface area contributed by atoms with E-state index >= 15 is 0 Å². The van der Waals surface area contributed by atoms with Crippen LogP contribution in [0.15, 0.2) is 42.7 Å². The van der Waals surface area contributed by atoms with Crippen LogP contribution in [0.3, 0.4) is 0 Å². The van der Waals surface area contributed by atoms with Gasteiger partial charge in [-0.1, -0.05) is 23.8 Å². The highest BCUT2D eigenvalue weighted by Crippen LogP contribution is 2.37. The number of fused-ring (bicyclic) bond motifs is 3. The van der Waals surface area contributed by atoms with E-state index in [9.17, 15) is 0 Å². The number of benzene rings is 1. The molecular formula is C25H26N6O. The number of imidazole rings is 1. The first-order chi connectivity index (χ1) is 15.7. The monoisotopic (exact) mass is 426 g/mol. The van der Waals surface area contributed by atoms with Crippen LogP contribution < -0.4 is 4.90 Å². The zero-order chi connectivity index (χ0) is 21.7. The number of rotatable bonds is 3. The Labute approximate surface area is 187 Å². The largest absolute Gasteiger partial charge is 0.378 e. The summed E-state index contributed by atoms with van der Waals surface area (Å²) in [6.07, 6.45) is 5.78. The van der Waals surface area contributed by atoms with Crippen LogP contribution in [0.25, 0.3) is 22.4 Å². The molecular weight excluding hydrogens is 400 g/mol. The van der Waals surface area contributed by atoms with E-state index in [0.717, 1.165) is 73.3 Å². The third-order valence-corrected chi connectivity index (χ3v) is 6.58. The number of hydrogen-bond donors (Lipinski definition) is 0. The Morgan fingerprint density at radius 3 is 2.59 bits per heavy atom. The van der Waals surface area contributed by atoms with Crippen molar-refractivity contribution in [1.29, 1.82) is 0 Å². The number of pyridine rings is 1. The van der Waals surface area contributed by atoms with Crippen molar-refractivity contribution in [3.8, 4) is 11.3 Å².